The van der Waals surface area contributed by atoms with Gasteiger partial charge in [-0.3, -0.25) is 0 Å². The van der Waals surface area contributed by atoms with Crippen LogP contribution >= 0.6 is 15.9 Å². The second-order valence-corrected chi connectivity index (χ2v) is 4.69. The summed E-state index contributed by atoms with van der Waals surface area (Å²) in [4.78, 5) is 0. The smallest absolute Gasteiger partial charge is 0.0317 e. The molecule has 1 unspecified atom stereocenters. The maximum Gasteiger partial charge on any atom is 0.0317 e. The Hall–Kier alpha value is -0.780. The summed E-state index contributed by atoms with van der Waals surface area (Å²) < 4.78 is 1.12. The van der Waals surface area contributed by atoms with Gasteiger partial charge in [-0.2, -0.15) is 0 Å². The third-order valence-electron chi connectivity index (χ3n) is 2.57. The van der Waals surface area contributed by atoms with Crippen molar-refractivity contribution in [2.75, 3.05) is 6.54 Å². The molecule has 1 rings (SSSR count). The highest BCUT2D eigenvalue weighted by Gasteiger charge is 2.07. The fraction of sp³-hybridized carbons (Fsp3) is 0.429. The van der Waals surface area contributed by atoms with Crippen LogP contribution in [0, 0.1) is 12.3 Å². The van der Waals surface area contributed by atoms with E-state index in [0.29, 0.717) is 6.04 Å². The van der Waals surface area contributed by atoms with Gasteiger partial charge in [0.2, 0.25) is 0 Å². The summed E-state index contributed by atoms with van der Waals surface area (Å²) in [5.41, 5.74) is 1.34. The fourth-order valence-electron chi connectivity index (χ4n) is 1.66. The molecule has 0 bridgehead atoms. The van der Waals surface area contributed by atoms with Crippen molar-refractivity contribution in [1.29, 1.82) is 0 Å². The Morgan fingerprint density at radius 1 is 1.38 bits per heavy atom. The molecule has 1 N–H and O–H groups in total. The summed E-state index contributed by atoms with van der Waals surface area (Å²) in [6.45, 7) is 3.18. The van der Waals surface area contributed by atoms with Gasteiger partial charge in [-0.05, 0) is 37.1 Å². The molecule has 1 atom stereocenters. The summed E-state index contributed by atoms with van der Waals surface area (Å²) >= 11 is 3.45. The maximum absolute atomic E-state index is 5.22. The summed E-state index contributed by atoms with van der Waals surface area (Å²) in [6, 6.07) is 8.92. The monoisotopic (exact) mass is 279 g/mol. The van der Waals surface area contributed by atoms with Crippen LogP contribution in [-0.2, 0) is 0 Å². The highest BCUT2D eigenvalue weighted by Crippen LogP contribution is 2.19. The molecular formula is C14H18BrN. The minimum absolute atomic E-state index is 0.436. The minimum Gasteiger partial charge on any atom is -0.310 e. The van der Waals surface area contributed by atoms with E-state index in [1.54, 1.807) is 0 Å². The molecule has 1 aromatic rings. The van der Waals surface area contributed by atoms with E-state index in [0.717, 1.165) is 30.3 Å². The van der Waals surface area contributed by atoms with Crippen molar-refractivity contribution in [2.45, 2.75) is 32.2 Å². The van der Waals surface area contributed by atoms with Gasteiger partial charge in [-0.15, -0.1) is 12.3 Å². The van der Waals surface area contributed by atoms with Crippen LogP contribution in [0.5, 0.6) is 0 Å². The average molecular weight is 280 g/mol. The molecule has 0 heterocycles. The molecule has 0 spiro atoms. The predicted molar refractivity (Wildman–Crippen MR) is 73.2 cm³/mol. The molecular weight excluding hydrogens is 262 g/mol. The lowest BCUT2D eigenvalue weighted by atomic mass is 10.0. The Bertz CT molecular complexity index is 337. The molecule has 0 fully saturated rings. The number of nitrogens with one attached hydrogen (secondary N) is 1. The normalized spacial score (nSPS) is 12.1. The molecule has 1 aromatic carbocycles. The molecule has 2 heteroatoms. The lowest BCUT2D eigenvalue weighted by Crippen LogP contribution is -2.21. The van der Waals surface area contributed by atoms with Crippen molar-refractivity contribution >= 4 is 15.9 Å². The Balaban J connectivity index is 2.48. The van der Waals surface area contributed by atoms with Crippen LogP contribution in [0.3, 0.4) is 0 Å². The number of unbranched alkanes of at least 4 members (excludes halogenated alkanes) is 1. The number of benzene rings is 1. The quantitative estimate of drug-likeness (QED) is 0.615. The van der Waals surface area contributed by atoms with Crippen molar-refractivity contribution in [1.82, 2.24) is 5.32 Å². The van der Waals surface area contributed by atoms with Crippen LogP contribution in [0.4, 0.5) is 0 Å². The summed E-state index contributed by atoms with van der Waals surface area (Å²) in [5, 5.41) is 3.53. The van der Waals surface area contributed by atoms with Gasteiger partial charge < -0.3 is 5.32 Å². The van der Waals surface area contributed by atoms with E-state index in [4.69, 9.17) is 6.42 Å². The summed E-state index contributed by atoms with van der Waals surface area (Å²) in [6.07, 6.45) is 8.21. The van der Waals surface area contributed by atoms with Gasteiger partial charge in [0.25, 0.3) is 0 Å². The number of terminal acetylenes is 1. The van der Waals surface area contributed by atoms with Crippen molar-refractivity contribution in [3.63, 3.8) is 0 Å². The number of hydrogen-bond acceptors (Lipinski definition) is 1. The molecule has 0 aromatic heterocycles. The van der Waals surface area contributed by atoms with Crippen LogP contribution < -0.4 is 5.32 Å². The zero-order valence-corrected chi connectivity index (χ0v) is 11.3. The van der Waals surface area contributed by atoms with E-state index in [2.05, 4.69) is 58.4 Å². The second-order valence-electron chi connectivity index (χ2n) is 3.77. The first-order chi connectivity index (χ1) is 7.77. The van der Waals surface area contributed by atoms with Crippen LogP contribution in [0.2, 0.25) is 0 Å². The third kappa shape index (κ3) is 4.38. The first kappa shape index (κ1) is 13.3. The first-order valence-electron chi connectivity index (χ1n) is 5.70. The zero-order valence-electron chi connectivity index (χ0n) is 9.67. The third-order valence-corrected chi connectivity index (χ3v) is 3.10. The molecule has 0 aliphatic rings. The van der Waals surface area contributed by atoms with Crippen molar-refractivity contribution in [2.24, 2.45) is 0 Å². The molecule has 0 aliphatic heterocycles. The largest absolute Gasteiger partial charge is 0.310 e. The molecule has 0 saturated heterocycles. The van der Waals surface area contributed by atoms with E-state index in [1.807, 2.05) is 0 Å². The standard InChI is InChI=1S/C14H18BrN/c1-3-5-6-11-16-14(4-2)12-7-9-13(15)10-8-12/h1,7-10,14,16H,4-6,11H2,2H3. The minimum atomic E-state index is 0.436. The van der Waals surface area contributed by atoms with E-state index in [9.17, 15) is 0 Å². The van der Waals surface area contributed by atoms with Crippen LogP contribution in [0.25, 0.3) is 0 Å². The Labute approximate surface area is 107 Å². The molecule has 0 radical (unpaired) electrons. The summed E-state index contributed by atoms with van der Waals surface area (Å²) in [7, 11) is 0. The van der Waals surface area contributed by atoms with Gasteiger partial charge in [0.05, 0.1) is 0 Å². The van der Waals surface area contributed by atoms with Gasteiger partial charge in [0, 0.05) is 16.9 Å². The maximum atomic E-state index is 5.22. The number of halogens is 1. The van der Waals surface area contributed by atoms with Gasteiger partial charge in [0.1, 0.15) is 0 Å². The molecule has 0 saturated carbocycles. The van der Waals surface area contributed by atoms with Crippen molar-refractivity contribution in [3.8, 4) is 12.3 Å². The molecule has 0 amide bonds. The van der Waals surface area contributed by atoms with Gasteiger partial charge in [-0.25, -0.2) is 0 Å². The Morgan fingerprint density at radius 2 is 2.06 bits per heavy atom. The lowest BCUT2D eigenvalue weighted by molar-refractivity contribution is 0.513. The van der Waals surface area contributed by atoms with E-state index < -0.39 is 0 Å². The molecule has 16 heavy (non-hydrogen) atoms. The topological polar surface area (TPSA) is 12.0 Å². The Morgan fingerprint density at radius 3 is 2.62 bits per heavy atom. The van der Waals surface area contributed by atoms with Crippen LogP contribution in [0.1, 0.15) is 37.8 Å². The second kappa shape index (κ2) is 7.49. The predicted octanol–water partition coefficient (Wildman–Crippen LogP) is 3.90. The van der Waals surface area contributed by atoms with Crippen molar-refractivity contribution < 1.29 is 0 Å². The number of hydrogen-bond donors (Lipinski definition) is 1. The molecule has 1 nitrogen and oxygen atoms in total. The van der Waals surface area contributed by atoms with E-state index in [-0.39, 0.29) is 0 Å². The van der Waals surface area contributed by atoms with Crippen molar-refractivity contribution in [3.05, 3.63) is 34.3 Å². The highest BCUT2D eigenvalue weighted by atomic mass is 79.9. The van der Waals surface area contributed by atoms with Gasteiger partial charge in [-0.1, -0.05) is 35.0 Å². The summed E-state index contributed by atoms with van der Waals surface area (Å²) in [5.74, 6) is 2.66. The fourth-order valence-corrected chi connectivity index (χ4v) is 1.92. The molecule has 0 aliphatic carbocycles. The highest BCUT2D eigenvalue weighted by molar-refractivity contribution is 9.10. The van der Waals surface area contributed by atoms with Gasteiger partial charge >= 0.3 is 0 Å². The molecule has 86 valence electrons. The number of rotatable bonds is 6. The van der Waals surface area contributed by atoms with Gasteiger partial charge in [0.15, 0.2) is 0 Å². The average Bonchev–Trinajstić information content (AvgIpc) is 2.31. The lowest BCUT2D eigenvalue weighted by Gasteiger charge is -2.17. The van der Waals surface area contributed by atoms with E-state index in [1.165, 1.54) is 5.56 Å². The van der Waals surface area contributed by atoms with Crippen LogP contribution in [0.15, 0.2) is 28.7 Å². The Kier molecular flexibility index (Phi) is 6.22. The zero-order chi connectivity index (χ0) is 11.8. The van der Waals surface area contributed by atoms with Crippen LogP contribution in [-0.4, -0.2) is 6.54 Å². The first-order valence-corrected chi connectivity index (χ1v) is 6.49. The van der Waals surface area contributed by atoms with E-state index >= 15 is 0 Å². The SMILES string of the molecule is C#CCCCNC(CC)c1ccc(Br)cc1.